The fraction of sp³-hybridized carbons (Fsp3) is 0.190. The molecular weight excluding hydrogens is 644 g/mol. The van der Waals surface area contributed by atoms with Crippen LogP contribution in [0.3, 0.4) is 0 Å². The SMILES string of the molecule is CC(C)(C)c1cccc(Oc2cccc(Oc3cccc(N4C(=O)c5ccc(Oc6ccc7c(c6)C(=O)N(C(C)(C)C)C7=O)cc5C4=O)c3)c2)c1. The summed E-state index contributed by atoms with van der Waals surface area (Å²) in [6.07, 6.45) is 0. The zero-order valence-electron chi connectivity index (χ0n) is 29.1. The molecule has 0 saturated carbocycles. The van der Waals surface area contributed by atoms with E-state index in [0.717, 1.165) is 10.5 Å². The molecule has 0 saturated heterocycles. The summed E-state index contributed by atoms with van der Waals surface area (Å²) in [4.78, 5) is 55.4. The molecule has 0 radical (unpaired) electrons. The Bertz CT molecular complexity index is 2260. The molecule has 0 unspecified atom stereocenters. The van der Waals surface area contributed by atoms with E-state index in [1.807, 2.05) is 30.3 Å². The van der Waals surface area contributed by atoms with Gasteiger partial charge >= 0.3 is 0 Å². The van der Waals surface area contributed by atoms with Crippen LogP contribution in [0.1, 0.15) is 88.5 Å². The Labute approximate surface area is 296 Å². The average Bonchev–Trinajstić information content (AvgIpc) is 3.48. The number of rotatable bonds is 7. The third-order valence-corrected chi connectivity index (χ3v) is 8.68. The summed E-state index contributed by atoms with van der Waals surface area (Å²) in [6, 6.07) is 31.3. The number of nitrogens with zero attached hydrogens (tertiary/aromatic N) is 2. The van der Waals surface area contributed by atoms with Crippen molar-refractivity contribution < 1.29 is 33.4 Å². The minimum absolute atomic E-state index is 0.0191. The summed E-state index contributed by atoms with van der Waals surface area (Å²) >= 11 is 0. The zero-order valence-corrected chi connectivity index (χ0v) is 29.1. The van der Waals surface area contributed by atoms with Gasteiger partial charge in [0.2, 0.25) is 0 Å². The molecule has 0 N–H and O–H groups in total. The number of fused-ring (bicyclic) bond motifs is 2. The van der Waals surface area contributed by atoms with E-state index >= 15 is 0 Å². The Hall–Kier alpha value is -6.22. The molecule has 0 fully saturated rings. The summed E-state index contributed by atoms with van der Waals surface area (Å²) < 4.78 is 18.3. The van der Waals surface area contributed by atoms with Crippen molar-refractivity contribution >= 4 is 29.3 Å². The number of imide groups is 2. The molecule has 9 heteroatoms. The Morgan fingerprint density at radius 3 is 1.43 bits per heavy atom. The predicted molar refractivity (Wildman–Crippen MR) is 193 cm³/mol. The molecular formula is C42H36N2O7. The van der Waals surface area contributed by atoms with Gasteiger partial charge in [-0.3, -0.25) is 24.1 Å². The summed E-state index contributed by atoms with van der Waals surface area (Å²) in [5, 5.41) is 0. The monoisotopic (exact) mass is 680 g/mol. The van der Waals surface area contributed by atoms with Crippen LogP contribution in [-0.4, -0.2) is 34.1 Å². The molecule has 256 valence electrons. The van der Waals surface area contributed by atoms with E-state index in [-0.39, 0.29) is 28.0 Å². The first-order valence-electron chi connectivity index (χ1n) is 16.6. The summed E-state index contributed by atoms with van der Waals surface area (Å²) in [7, 11) is 0. The van der Waals surface area contributed by atoms with Crippen molar-refractivity contribution in [3.8, 4) is 34.5 Å². The maximum absolute atomic E-state index is 13.7. The van der Waals surface area contributed by atoms with Gasteiger partial charge in [0.1, 0.15) is 34.5 Å². The van der Waals surface area contributed by atoms with Crippen LogP contribution in [-0.2, 0) is 5.41 Å². The van der Waals surface area contributed by atoms with Crippen molar-refractivity contribution in [2.24, 2.45) is 0 Å². The molecule has 0 atom stereocenters. The van der Waals surface area contributed by atoms with Gasteiger partial charge in [0.25, 0.3) is 23.6 Å². The number of hydrogen-bond acceptors (Lipinski definition) is 7. The third kappa shape index (κ3) is 6.34. The molecule has 5 aromatic carbocycles. The van der Waals surface area contributed by atoms with Gasteiger partial charge in [-0.05, 0) is 105 Å². The average molecular weight is 681 g/mol. The fourth-order valence-corrected chi connectivity index (χ4v) is 6.13. The fourth-order valence-electron chi connectivity index (χ4n) is 6.13. The molecule has 51 heavy (non-hydrogen) atoms. The first-order valence-corrected chi connectivity index (χ1v) is 16.6. The molecule has 4 amide bonds. The molecule has 5 aromatic rings. The van der Waals surface area contributed by atoms with Crippen LogP contribution >= 0.6 is 0 Å². The molecule has 2 heterocycles. The molecule has 2 aliphatic rings. The molecule has 0 spiro atoms. The predicted octanol–water partition coefficient (Wildman–Crippen LogP) is 9.56. The summed E-state index contributed by atoms with van der Waals surface area (Å²) in [6.45, 7) is 11.8. The normalized spacial score (nSPS) is 14.2. The highest BCUT2D eigenvalue weighted by Crippen LogP contribution is 2.37. The first-order chi connectivity index (χ1) is 24.2. The van der Waals surface area contributed by atoms with E-state index in [0.29, 0.717) is 45.7 Å². The Morgan fingerprint density at radius 2 is 0.863 bits per heavy atom. The maximum atomic E-state index is 13.7. The Kier molecular flexibility index (Phi) is 8.01. The molecule has 2 aliphatic heterocycles. The van der Waals surface area contributed by atoms with Gasteiger partial charge in [-0.25, -0.2) is 4.90 Å². The van der Waals surface area contributed by atoms with Crippen LogP contribution in [0.2, 0.25) is 0 Å². The topological polar surface area (TPSA) is 102 Å². The highest BCUT2D eigenvalue weighted by atomic mass is 16.5. The molecule has 0 aromatic heterocycles. The highest BCUT2D eigenvalue weighted by molar-refractivity contribution is 6.34. The number of ether oxygens (including phenoxy) is 3. The minimum atomic E-state index is -0.682. The third-order valence-electron chi connectivity index (χ3n) is 8.68. The van der Waals surface area contributed by atoms with Crippen molar-refractivity contribution in [2.45, 2.75) is 52.5 Å². The lowest BCUT2D eigenvalue weighted by molar-refractivity contribution is 0.0507. The summed E-state index contributed by atoms with van der Waals surface area (Å²) in [5.41, 5.74) is 1.76. The Balaban J connectivity index is 1.07. The van der Waals surface area contributed by atoms with Crippen LogP contribution in [0.5, 0.6) is 34.5 Å². The second kappa shape index (κ2) is 12.3. The van der Waals surface area contributed by atoms with E-state index in [9.17, 15) is 19.2 Å². The molecule has 9 nitrogen and oxygen atoms in total. The van der Waals surface area contributed by atoms with Crippen LogP contribution < -0.4 is 19.1 Å². The van der Waals surface area contributed by atoms with Crippen molar-refractivity contribution in [2.75, 3.05) is 4.90 Å². The van der Waals surface area contributed by atoms with Crippen molar-refractivity contribution in [3.05, 3.63) is 137 Å². The number of benzene rings is 5. The van der Waals surface area contributed by atoms with Crippen molar-refractivity contribution in [1.82, 2.24) is 4.90 Å². The van der Waals surface area contributed by atoms with Gasteiger partial charge in [-0.1, -0.05) is 45.0 Å². The van der Waals surface area contributed by atoms with Crippen LogP contribution in [0.4, 0.5) is 5.69 Å². The second-order valence-corrected chi connectivity index (χ2v) is 14.5. The number of carbonyl (C=O) groups is 4. The minimum Gasteiger partial charge on any atom is -0.457 e. The van der Waals surface area contributed by atoms with Gasteiger partial charge in [0, 0.05) is 17.7 Å². The van der Waals surface area contributed by atoms with Crippen LogP contribution in [0, 0.1) is 0 Å². The van der Waals surface area contributed by atoms with Gasteiger partial charge in [-0.15, -0.1) is 0 Å². The quantitative estimate of drug-likeness (QED) is 0.158. The molecule has 0 bridgehead atoms. The summed E-state index contributed by atoms with van der Waals surface area (Å²) in [5.74, 6) is 1.13. The van der Waals surface area contributed by atoms with E-state index in [2.05, 4.69) is 26.8 Å². The smallest absolute Gasteiger partial charge is 0.266 e. The Morgan fingerprint density at radius 1 is 0.431 bits per heavy atom. The van der Waals surface area contributed by atoms with Crippen molar-refractivity contribution in [1.29, 1.82) is 0 Å². The van der Waals surface area contributed by atoms with Crippen LogP contribution in [0.25, 0.3) is 0 Å². The first kappa shape index (κ1) is 33.3. The molecule has 7 rings (SSSR count). The van der Waals surface area contributed by atoms with E-state index in [4.69, 9.17) is 14.2 Å². The van der Waals surface area contributed by atoms with E-state index in [1.54, 1.807) is 75.4 Å². The lowest BCUT2D eigenvalue weighted by Gasteiger charge is -2.29. The maximum Gasteiger partial charge on any atom is 0.266 e. The molecule has 0 aliphatic carbocycles. The van der Waals surface area contributed by atoms with Crippen LogP contribution in [0.15, 0.2) is 109 Å². The number of anilines is 1. The number of carbonyl (C=O) groups excluding carboxylic acids is 4. The highest BCUT2D eigenvalue weighted by Gasteiger charge is 2.42. The van der Waals surface area contributed by atoms with Gasteiger partial charge < -0.3 is 14.2 Å². The van der Waals surface area contributed by atoms with Gasteiger partial charge in [0.05, 0.1) is 27.9 Å². The largest absolute Gasteiger partial charge is 0.457 e. The van der Waals surface area contributed by atoms with Gasteiger partial charge in [-0.2, -0.15) is 0 Å². The zero-order chi connectivity index (χ0) is 36.2. The standard InChI is InChI=1S/C42H36N2O7/c1-41(2,3)25-10-7-12-27(20-25)49-29-14-9-15-30(22-29)50-28-13-8-11-26(21-28)43-37(45)33-18-16-31(23-35(33)38(43)46)51-32-17-19-34-36(24-32)40(48)44(39(34)47)42(4,5)6/h7-24H,1-6H3. The lowest BCUT2D eigenvalue weighted by atomic mass is 9.87. The number of amides is 4. The van der Waals surface area contributed by atoms with E-state index < -0.39 is 23.3 Å². The van der Waals surface area contributed by atoms with E-state index in [1.165, 1.54) is 23.1 Å². The van der Waals surface area contributed by atoms with Crippen molar-refractivity contribution in [3.63, 3.8) is 0 Å². The number of hydrogen-bond donors (Lipinski definition) is 0. The lowest BCUT2D eigenvalue weighted by Crippen LogP contribution is -2.45. The van der Waals surface area contributed by atoms with Gasteiger partial charge in [0.15, 0.2) is 0 Å². The second-order valence-electron chi connectivity index (χ2n) is 14.5.